The van der Waals surface area contributed by atoms with Crippen LogP contribution in [0.3, 0.4) is 0 Å². The van der Waals surface area contributed by atoms with Crippen LogP contribution in [0.15, 0.2) is 35.3 Å². The Labute approximate surface area is 195 Å². The first-order valence-electron chi connectivity index (χ1n) is 10.3. The van der Waals surface area contributed by atoms with Crippen molar-refractivity contribution in [3.8, 4) is 0 Å². The first kappa shape index (κ1) is 22.6. The van der Waals surface area contributed by atoms with Crippen molar-refractivity contribution in [2.45, 2.75) is 39.0 Å². The van der Waals surface area contributed by atoms with E-state index in [4.69, 9.17) is 33.3 Å². The summed E-state index contributed by atoms with van der Waals surface area (Å²) in [6.45, 7) is 7.06. The number of halogens is 1. The van der Waals surface area contributed by atoms with Crippen molar-refractivity contribution in [3.63, 3.8) is 0 Å². The molecule has 0 radical (unpaired) electrons. The summed E-state index contributed by atoms with van der Waals surface area (Å²) >= 11 is 11.8. The van der Waals surface area contributed by atoms with Crippen molar-refractivity contribution in [1.29, 1.82) is 0 Å². The summed E-state index contributed by atoms with van der Waals surface area (Å²) in [4.78, 5) is 32.5. The number of carbonyl (C=O) groups is 1. The SMILES string of the molecule is CC(C)(C)OC(=O)N1CCOCC1c1cc(Cl)ccc1Cn1c(=S)[nH]c(=O)c2[nH]ccc21. The Morgan fingerprint density at radius 1 is 1.34 bits per heavy atom. The first-order valence-corrected chi connectivity index (χ1v) is 11.1. The van der Waals surface area contributed by atoms with E-state index in [1.165, 1.54) is 0 Å². The highest BCUT2D eigenvalue weighted by molar-refractivity contribution is 7.71. The third-order valence-electron chi connectivity index (χ3n) is 5.26. The van der Waals surface area contributed by atoms with Gasteiger partial charge in [-0.3, -0.25) is 14.7 Å². The summed E-state index contributed by atoms with van der Waals surface area (Å²) < 4.78 is 13.5. The smallest absolute Gasteiger partial charge is 0.410 e. The highest BCUT2D eigenvalue weighted by atomic mass is 35.5. The number of benzene rings is 1. The van der Waals surface area contributed by atoms with Gasteiger partial charge in [0.15, 0.2) is 4.77 Å². The standard InChI is InChI=1S/C22H25ClN4O4S/c1-22(2,3)31-21(29)26-8-9-30-12-17(26)15-10-14(23)5-4-13(15)11-27-16-6-7-24-18(16)19(28)25-20(27)32/h4-7,10,17,24H,8-9,11-12H2,1-3H3,(H,25,28,32). The Morgan fingerprint density at radius 2 is 2.12 bits per heavy atom. The van der Waals surface area contributed by atoms with Gasteiger partial charge >= 0.3 is 6.09 Å². The summed E-state index contributed by atoms with van der Waals surface area (Å²) in [5.74, 6) is 0. The van der Waals surface area contributed by atoms with Crippen molar-refractivity contribution in [2.75, 3.05) is 19.8 Å². The van der Waals surface area contributed by atoms with Crippen molar-refractivity contribution in [1.82, 2.24) is 19.4 Å². The second kappa shape index (κ2) is 8.73. The fourth-order valence-corrected chi connectivity index (χ4v) is 4.29. The molecule has 0 aliphatic carbocycles. The molecule has 3 aromatic rings. The van der Waals surface area contributed by atoms with Crippen LogP contribution in [0.1, 0.15) is 37.9 Å². The molecule has 1 aliphatic rings. The number of aromatic nitrogens is 3. The van der Waals surface area contributed by atoms with Gasteiger partial charge in [-0.05, 0) is 62.3 Å². The number of fused-ring (bicyclic) bond motifs is 1. The van der Waals surface area contributed by atoms with Gasteiger partial charge in [-0.15, -0.1) is 0 Å². The van der Waals surface area contributed by atoms with E-state index < -0.39 is 11.7 Å². The summed E-state index contributed by atoms with van der Waals surface area (Å²) in [5, 5.41) is 0.551. The van der Waals surface area contributed by atoms with Crippen molar-refractivity contribution in [2.24, 2.45) is 0 Å². The number of morpholine rings is 1. The highest BCUT2D eigenvalue weighted by Crippen LogP contribution is 2.31. The lowest BCUT2D eigenvalue weighted by molar-refractivity contribution is -0.0333. The molecule has 3 heterocycles. The molecule has 1 saturated heterocycles. The van der Waals surface area contributed by atoms with Crippen LogP contribution in [0.4, 0.5) is 4.79 Å². The monoisotopic (exact) mass is 476 g/mol. The van der Waals surface area contributed by atoms with Gasteiger partial charge in [0.1, 0.15) is 11.1 Å². The Morgan fingerprint density at radius 3 is 2.88 bits per heavy atom. The highest BCUT2D eigenvalue weighted by Gasteiger charge is 2.33. The molecule has 8 nitrogen and oxygen atoms in total. The molecule has 0 saturated carbocycles. The zero-order valence-corrected chi connectivity index (χ0v) is 19.7. The number of carbonyl (C=O) groups excluding carboxylic acids is 1. The number of aromatic amines is 2. The van der Waals surface area contributed by atoms with E-state index in [0.29, 0.717) is 47.1 Å². The minimum Gasteiger partial charge on any atom is -0.444 e. The number of nitrogens with zero attached hydrogens (tertiary/aromatic N) is 2. The summed E-state index contributed by atoms with van der Waals surface area (Å²) in [6.07, 6.45) is 1.30. The van der Waals surface area contributed by atoms with Crippen LogP contribution in [-0.2, 0) is 16.0 Å². The molecule has 10 heteroatoms. The van der Waals surface area contributed by atoms with Crippen molar-refractivity contribution in [3.05, 3.63) is 61.7 Å². The summed E-state index contributed by atoms with van der Waals surface area (Å²) in [6, 6.07) is 6.99. The van der Waals surface area contributed by atoms with Gasteiger partial charge in [0.05, 0.1) is 31.3 Å². The Bertz CT molecular complexity index is 1270. The lowest BCUT2D eigenvalue weighted by atomic mass is 9.98. The van der Waals surface area contributed by atoms with Crippen molar-refractivity contribution < 1.29 is 14.3 Å². The number of hydrogen-bond acceptors (Lipinski definition) is 5. The first-order chi connectivity index (χ1) is 15.1. The quantitative estimate of drug-likeness (QED) is 0.547. The van der Waals surface area contributed by atoms with E-state index in [9.17, 15) is 9.59 Å². The molecular weight excluding hydrogens is 452 g/mol. The predicted molar refractivity (Wildman–Crippen MR) is 125 cm³/mol. The van der Waals surface area contributed by atoms with Gasteiger partial charge in [-0.1, -0.05) is 17.7 Å². The Kier molecular flexibility index (Phi) is 6.15. The van der Waals surface area contributed by atoms with Crippen LogP contribution in [0.2, 0.25) is 5.02 Å². The van der Waals surface area contributed by atoms with Crippen LogP contribution in [0, 0.1) is 4.77 Å². The van der Waals surface area contributed by atoms with Crippen LogP contribution < -0.4 is 5.56 Å². The number of nitrogens with one attached hydrogen (secondary N) is 2. The lowest BCUT2D eigenvalue weighted by Crippen LogP contribution is -2.46. The van der Waals surface area contributed by atoms with E-state index in [-0.39, 0.29) is 11.6 Å². The lowest BCUT2D eigenvalue weighted by Gasteiger charge is -2.37. The zero-order valence-electron chi connectivity index (χ0n) is 18.1. The van der Waals surface area contributed by atoms with Crippen LogP contribution >= 0.6 is 23.8 Å². The molecule has 170 valence electrons. The topological polar surface area (TPSA) is 92.3 Å². The van der Waals surface area contributed by atoms with Gasteiger partial charge in [0, 0.05) is 17.8 Å². The number of ether oxygens (including phenoxy) is 2. The van der Waals surface area contributed by atoms with Gasteiger partial charge < -0.3 is 19.0 Å². The fraction of sp³-hybridized carbons (Fsp3) is 0.409. The number of hydrogen-bond donors (Lipinski definition) is 2. The largest absolute Gasteiger partial charge is 0.444 e. The van der Waals surface area contributed by atoms with E-state index in [2.05, 4.69) is 9.97 Å². The van der Waals surface area contributed by atoms with Crippen LogP contribution in [-0.4, -0.2) is 50.9 Å². The molecule has 32 heavy (non-hydrogen) atoms. The molecule has 1 unspecified atom stereocenters. The molecule has 1 fully saturated rings. The van der Waals surface area contributed by atoms with Gasteiger partial charge in [0.25, 0.3) is 5.56 Å². The van der Waals surface area contributed by atoms with E-state index in [0.717, 1.165) is 11.1 Å². The molecule has 0 bridgehead atoms. The maximum absolute atomic E-state index is 12.9. The van der Waals surface area contributed by atoms with Crippen LogP contribution in [0.5, 0.6) is 0 Å². The second-order valence-electron chi connectivity index (χ2n) is 8.69. The third kappa shape index (κ3) is 4.60. The van der Waals surface area contributed by atoms with E-state index in [1.54, 1.807) is 17.2 Å². The molecule has 2 aromatic heterocycles. The average Bonchev–Trinajstić information content (AvgIpc) is 3.21. The summed E-state index contributed by atoms with van der Waals surface area (Å²) in [5.41, 5.74) is 2.03. The second-order valence-corrected chi connectivity index (χ2v) is 9.51. The maximum Gasteiger partial charge on any atom is 0.410 e. The molecular formula is C22H25ClN4O4S. The average molecular weight is 477 g/mol. The minimum absolute atomic E-state index is 0.264. The van der Waals surface area contributed by atoms with Gasteiger partial charge in [0.2, 0.25) is 0 Å². The molecule has 2 N–H and O–H groups in total. The maximum atomic E-state index is 12.9. The fourth-order valence-electron chi connectivity index (χ4n) is 3.85. The normalized spacial score (nSPS) is 17.0. The van der Waals surface area contributed by atoms with Gasteiger partial charge in [-0.2, -0.15) is 0 Å². The minimum atomic E-state index is -0.611. The number of rotatable bonds is 3. The molecule has 4 rings (SSSR count). The van der Waals surface area contributed by atoms with E-state index in [1.807, 2.05) is 43.5 Å². The number of amides is 1. The third-order valence-corrected chi connectivity index (χ3v) is 5.82. The molecule has 1 amide bonds. The molecule has 0 spiro atoms. The number of H-pyrrole nitrogens is 2. The van der Waals surface area contributed by atoms with Gasteiger partial charge in [-0.25, -0.2) is 4.79 Å². The van der Waals surface area contributed by atoms with Crippen LogP contribution in [0.25, 0.3) is 11.0 Å². The zero-order chi connectivity index (χ0) is 23.0. The molecule has 1 aromatic carbocycles. The van der Waals surface area contributed by atoms with Crippen molar-refractivity contribution >= 4 is 40.9 Å². The summed E-state index contributed by atoms with van der Waals surface area (Å²) in [7, 11) is 0. The molecule has 1 aliphatic heterocycles. The Balaban J connectivity index is 1.76. The van der Waals surface area contributed by atoms with E-state index >= 15 is 0 Å². The molecule has 1 atom stereocenters. The predicted octanol–water partition coefficient (Wildman–Crippen LogP) is 4.40. The Hall–Kier alpha value is -2.62.